The van der Waals surface area contributed by atoms with Gasteiger partial charge in [-0.15, -0.1) is 0 Å². The molecule has 2 heterocycles. The number of rotatable bonds is 2. The zero-order valence-electron chi connectivity index (χ0n) is 7.39. The molecule has 6 heteroatoms. The maximum absolute atomic E-state index is 10.9. The molecule has 1 saturated heterocycles. The Balaban J connectivity index is 2.35. The van der Waals surface area contributed by atoms with Gasteiger partial charge in [0.2, 0.25) is 0 Å². The van der Waals surface area contributed by atoms with E-state index in [0.717, 1.165) is 6.42 Å². The van der Waals surface area contributed by atoms with Gasteiger partial charge in [0.1, 0.15) is 5.54 Å². The van der Waals surface area contributed by atoms with Crippen LogP contribution in [0.2, 0.25) is 0 Å². The molecule has 1 aliphatic rings. The van der Waals surface area contributed by atoms with Crippen LogP contribution in [-0.2, 0) is 10.3 Å². The molecule has 3 N–H and O–H groups in total. The molecule has 0 aliphatic carbocycles. The topological polar surface area (TPSA) is 82.8 Å². The van der Waals surface area contributed by atoms with E-state index in [-0.39, 0.29) is 11.2 Å². The largest absolute Gasteiger partial charge is 0.379 e. The minimum absolute atomic E-state index is 0.281. The number of H-pyrrole nitrogens is 2. The molecule has 1 aliphatic heterocycles. The predicted molar refractivity (Wildman–Crippen MR) is 45.4 cm³/mol. The fourth-order valence-electron chi connectivity index (χ4n) is 1.56. The molecule has 1 atom stereocenters. The first-order valence-electron chi connectivity index (χ1n) is 4.19. The summed E-state index contributed by atoms with van der Waals surface area (Å²) in [5.41, 5.74) is -0.601. The van der Waals surface area contributed by atoms with Crippen molar-refractivity contribution in [1.82, 2.24) is 20.5 Å². The highest BCUT2D eigenvalue weighted by atomic mass is 16.5. The van der Waals surface area contributed by atoms with Crippen molar-refractivity contribution >= 4 is 0 Å². The average Bonchev–Trinajstić information content (AvgIpc) is 2.73. The molecule has 0 amide bonds. The maximum atomic E-state index is 10.9. The first-order chi connectivity index (χ1) is 6.27. The number of likely N-dealkylation sites (N-methyl/N-ethyl adjacent to an activating group) is 1. The minimum atomic E-state index is -0.320. The van der Waals surface area contributed by atoms with Gasteiger partial charge >= 0.3 is 5.69 Å². The van der Waals surface area contributed by atoms with E-state index in [9.17, 15) is 4.79 Å². The fourth-order valence-corrected chi connectivity index (χ4v) is 1.56. The highest BCUT2D eigenvalue weighted by Crippen LogP contribution is 2.26. The van der Waals surface area contributed by atoms with Crippen LogP contribution in [0.15, 0.2) is 4.79 Å². The summed E-state index contributed by atoms with van der Waals surface area (Å²) in [5, 5.41) is 9.38. The lowest BCUT2D eigenvalue weighted by molar-refractivity contribution is 0.166. The van der Waals surface area contributed by atoms with E-state index >= 15 is 0 Å². The third kappa shape index (κ3) is 1.27. The van der Waals surface area contributed by atoms with Crippen molar-refractivity contribution in [3.05, 3.63) is 16.3 Å². The van der Waals surface area contributed by atoms with Crippen LogP contribution in [-0.4, -0.2) is 35.4 Å². The zero-order chi connectivity index (χ0) is 9.31. The van der Waals surface area contributed by atoms with E-state index in [1.165, 1.54) is 0 Å². The zero-order valence-corrected chi connectivity index (χ0v) is 7.39. The Morgan fingerprint density at radius 3 is 3.00 bits per heavy atom. The van der Waals surface area contributed by atoms with Crippen molar-refractivity contribution < 1.29 is 4.74 Å². The summed E-state index contributed by atoms with van der Waals surface area (Å²) in [6, 6.07) is 0. The van der Waals surface area contributed by atoms with Crippen molar-refractivity contribution in [3.8, 4) is 0 Å². The molecule has 72 valence electrons. The molecule has 13 heavy (non-hydrogen) atoms. The normalized spacial score (nSPS) is 28.1. The smallest absolute Gasteiger partial charge is 0.340 e. The monoisotopic (exact) mass is 184 g/mol. The second-order valence-electron chi connectivity index (χ2n) is 3.16. The van der Waals surface area contributed by atoms with Crippen LogP contribution in [0.3, 0.4) is 0 Å². The summed E-state index contributed by atoms with van der Waals surface area (Å²) in [5.74, 6) is 0.623. The molecule has 0 radical (unpaired) electrons. The fraction of sp³-hybridized carbons (Fsp3) is 0.714. The van der Waals surface area contributed by atoms with E-state index in [2.05, 4.69) is 20.5 Å². The lowest BCUT2D eigenvalue weighted by atomic mass is 9.98. The summed E-state index contributed by atoms with van der Waals surface area (Å²) in [7, 11) is 1.83. The van der Waals surface area contributed by atoms with Gasteiger partial charge in [0, 0.05) is 6.61 Å². The average molecular weight is 184 g/mol. The van der Waals surface area contributed by atoms with E-state index < -0.39 is 0 Å². The van der Waals surface area contributed by atoms with Crippen molar-refractivity contribution in [1.29, 1.82) is 0 Å². The molecule has 2 rings (SSSR count). The van der Waals surface area contributed by atoms with Gasteiger partial charge in [0.15, 0.2) is 5.82 Å². The predicted octanol–water partition coefficient (Wildman–Crippen LogP) is -1.07. The van der Waals surface area contributed by atoms with E-state index in [0.29, 0.717) is 19.0 Å². The molecule has 1 aromatic rings. The Hall–Kier alpha value is -1.14. The van der Waals surface area contributed by atoms with Crippen LogP contribution in [0, 0.1) is 0 Å². The number of nitrogens with one attached hydrogen (secondary N) is 3. The summed E-state index contributed by atoms with van der Waals surface area (Å²) >= 11 is 0. The van der Waals surface area contributed by atoms with Crippen molar-refractivity contribution in [2.45, 2.75) is 12.0 Å². The van der Waals surface area contributed by atoms with E-state index in [1.54, 1.807) is 0 Å². The number of nitrogens with zero attached hydrogens (tertiary/aromatic N) is 1. The van der Waals surface area contributed by atoms with E-state index in [4.69, 9.17) is 4.74 Å². The highest BCUT2D eigenvalue weighted by molar-refractivity contribution is 5.06. The number of ether oxygens (including phenoxy) is 1. The summed E-state index contributed by atoms with van der Waals surface area (Å²) in [4.78, 5) is 13.5. The summed E-state index contributed by atoms with van der Waals surface area (Å²) in [6.45, 7) is 1.24. The molecular formula is C7H12N4O2. The third-order valence-electron chi connectivity index (χ3n) is 2.45. The second-order valence-corrected chi connectivity index (χ2v) is 3.16. The first-order valence-corrected chi connectivity index (χ1v) is 4.19. The number of aromatic nitrogens is 3. The van der Waals surface area contributed by atoms with Crippen molar-refractivity contribution in [2.24, 2.45) is 0 Å². The van der Waals surface area contributed by atoms with Gasteiger partial charge in [-0.1, -0.05) is 0 Å². The summed E-state index contributed by atoms with van der Waals surface area (Å²) in [6.07, 6.45) is 0.824. The lowest BCUT2D eigenvalue weighted by Gasteiger charge is -2.23. The van der Waals surface area contributed by atoms with Gasteiger partial charge < -0.3 is 10.1 Å². The Morgan fingerprint density at radius 1 is 1.69 bits per heavy atom. The van der Waals surface area contributed by atoms with Crippen LogP contribution < -0.4 is 11.0 Å². The third-order valence-corrected chi connectivity index (χ3v) is 2.45. The van der Waals surface area contributed by atoms with Crippen LogP contribution in [0.25, 0.3) is 0 Å². The van der Waals surface area contributed by atoms with Crippen LogP contribution >= 0.6 is 0 Å². The Morgan fingerprint density at radius 2 is 2.54 bits per heavy atom. The summed E-state index contributed by atoms with van der Waals surface area (Å²) < 4.78 is 5.28. The SMILES string of the molecule is CNC1(c2n[nH]c(=O)[nH]2)CCOC1. The Labute approximate surface area is 74.7 Å². The molecule has 0 bridgehead atoms. The lowest BCUT2D eigenvalue weighted by Crippen LogP contribution is -2.41. The first kappa shape index (κ1) is 8.46. The van der Waals surface area contributed by atoms with Gasteiger partial charge in [0.05, 0.1) is 6.61 Å². The van der Waals surface area contributed by atoms with E-state index in [1.807, 2.05) is 7.05 Å². The maximum Gasteiger partial charge on any atom is 0.340 e. The van der Waals surface area contributed by atoms with Gasteiger partial charge in [0.25, 0.3) is 0 Å². The van der Waals surface area contributed by atoms with Crippen LogP contribution in [0.5, 0.6) is 0 Å². The van der Waals surface area contributed by atoms with Crippen LogP contribution in [0.4, 0.5) is 0 Å². The molecule has 0 spiro atoms. The van der Waals surface area contributed by atoms with Gasteiger partial charge in [-0.3, -0.25) is 4.98 Å². The quantitative estimate of drug-likeness (QED) is 0.546. The highest BCUT2D eigenvalue weighted by Gasteiger charge is 2.38. The number of aromatic amines is 2. The number of hydrogen-bond donors (Lipinski definition) is 3. The van der Waals surface area contributed by atoms with Crippen molar-refractivity contribution in [2.75, 3.05) is 20.3 Å². The standard InChI is InChI=1S/C7H12N4O2/c1-8-7(2-3-13-4-7)5-9-6(12)11-10-5/h8H,2-4H2,1H3,(H2,9,10,11,12). The Kier molecular flexibility index (Phi) is 1.93. The number of hydrogen-bond acceptors (Lipinski definition) is 4. The minimum Gasteiger partial charge on any atom is -0.379 e. The molecular weight excluding hydrogens is 172 g/mol. The molecule has 0 aromatic carbocycles. The second kappa shape index (κ2) is 2.97. The van der Waals surface area contributed by atoms with Crippen molar-refractivity contribution in [3.63, 3.8) is 0 Å². The Bertz CT molecular complexity index is 336. The van der Waals surface area contributed by atoms with Gasteiger partial charge in [-0.25, -0.2) is 9.89 Å². The molecule has 6 nitrogen and oxygen atoms in total. The molecule has 0 saturated carbocycles. The molecule has 1 aromatic heterocycles. The van der Waals surface area contributed by atoms with Crippen LogP contribution in [0.1, 0.15) is 12.2 Å². The van der Waals surface area contributed by atoms with Gasteiger partial charge in [-0.2, -0.15) is 5.10 Å². The molecule has 1 unspecified atom stereocenters. The van der Waals surface area contributed by atoms with Gasteiger partial charge in [-0.05, 0) is 13.5 Å². The molecule has 1 fully saturated rings.